The summed E-state index contributed by atoms with van der Waals surface area (Å²) in [5, 5.41) is -0.135. The van der Waals surface area contributed by atoms with Gasteiger partial charge < -0.3 is 9.47 Å². The summed E-state index contributed by atoms with van der Waals surface area (Å²) in [6.45, 7) is 2.13. The molecule has 0 unspecified atom stereocenters. The molecule has 0 saturated carbocycles. The van der Waals surface area contributed by atoms with Crippen molar-refractivity contribution in [2.45, 2.75) is 13.5 Å². The number of ether oxygens (including phenoxy) is 2. The Balaban J connectivity index is 1.61. The molecule has 3 aromatic rings. The van der Waals surface area contributed by atoms with Crippen LogP contribution in [0, 0.1) is 5.82 Å². The zero-order valence-corrected chi connectivity index (χ0v) is 19.2. The fraction of sp³-hybridized carbons (Fsp3) is 0.120. The molecular formula is C25H19ClFNO4S. The highest BCUT2D eigenvalue weighted by Crippen LogP contribution is 2.40. The number of hydrogen-bond donors (Lipinski definition) is 0. The maximum Gasteiger partial charge on any atom is 0.298 e. The Morgan fingerprint density at radius 2 is 1.76 bits per heavy atom. The third-order valence-electron chi connectivity index (χ3n) is 4.77. The van der Waals surface area contributed by atoms with Crippen molar-refractivity contribution < 1.29 is 23.5 Å². The van der Waals surface area contributed by atoms with Crippen LogP contribution < -0.4 is 14.4 Å². The van der Waals surface area contributed by atoms with Crippen LogP contribution in [0.25, 0.3) is 6.08 Å². The second-order valence-corrected chi connectivity index (χ2v) is 8.40. The van der Waals surface area contributed by atoms with E-state index in [2.05, 4.69) is 0 Å². The van der Waals surface area contributed by atoms with Crippen LogP contribution in [0.2, 0.25) is 5.02 Å². The molecule has 1 saturated heterocycles. The summed E-state index contributed by atoms with van der Waals surface area (Å²) in [7, 11) is 0. The van der Waals surface area contributed by atoms with Gasteiger partial charge in [-0.1, -0.05) is 48.0 Å². The Kier molecular flexibility index (Phi) is 7.01. The molecule has 2 amide bonds. The van der Waals surface area contributed by atoms with E-state index >= 15 is 0 Å². The van der Waals surface area contributed by atoms with E-state index in [9.17, 15) is 14.0 Å². The van der Waals surface area contributed by atoms with Gasteiger partial charge in [-0.2, -0.15) is 0 Å². The molecule has 1 aliphatic rings. The summed E-state index contributed by atoms with van der Waals surface area (Å²) in [6.07, 6.45) is 1.59. The lowest BCUT2D eigenvalue weighted by Gasteiger charge is -2.15. The van der Waals surface area contributed by atoms with Crippen LogP contribution in [-0.2, 0) is 11.4 Å². The number of rotatable bonds is 7. The summed E-state index contributed by atoms with van der Waals surface area (Å²) in [5.41, 5.74) is 1.46. The van der Waals surface area contributed by atoms with Crippen LogP contribution in [0.3, 0.4) is 0 Å². The first-order valence-electron chi connectivity index (χ1n) is 10.1. The molecule has 1 heterocycles. The third-order valence-corrected chi connectivity index (χ3v) is 5.92. The summed E-state index contributed by atoms with van der Waals surface area (Å²) >= 11 is 7.31. The molecule has 1 fully saturated rings. The maximum atomic E-state index is 13.9. The van der Waals surface area contributed by atoms with Crippen molar-refractivity contribution >= 4 is 46.3 Å². The number of para-hydroxylation sites is 1. The number of carbonyl (C=O) groups excluding carboxylic acids is 2. The average Bonchev–Trinajstić information content (AvgIpc) is 3.07. The first-order valence-corrected chi connectivity index (χ1v) is 11.3. The van der Waals surface area contributed by atoms with Crippen molar-refractivity contribution in [2.75, 3.05) is 11.5 Å². The highest BCUT2D eigenvalue weighted by atomic mass is 35.5. The monoisotopic (exact) mass is 483 g/mol. The van der Waals surface area contributed by atoms with E-state index in [-0.39, 0.29) is 33.3 Å². The molecule has 0 radical (unpaired) electrons. The molecular weight excluding hydrogens is 465 g/mol. The molecule has 168 valence electrons. The van der Waals surface area contributed by atoms with Crippen LogP contribution in [-0.4, -0.2) is 17.8 Å². The number of imide groups is 1. The minimum absolute atomic E-state index is 0.0260. The minimum atomic E-state index is -0.412. The Morgan fingerprint density at radius 3 is 2.48 bits per heavy atom. The van der Waals surface area contributed by atoms with Gasteiger partial charge in [-0.3, -0.25) is 9.59 Å². The van der Waals surface area contributed by atoms with Crippen molar-refractivity contribution in [1.29, 1.82) is 0 Å². The predicted molar refractivity (Wildman–Crippen MR) is 128 cm³/mol. The predicted octanol–water partition coefficient (Wildman–Crippen LogP) is 6.70. The highest BCUT2D eigenvalue weighted by Gasteiger charge is 2.36. The van der Waals surface area contributed by atoms with E-state index in [4.69, 9.17) is 21.1 Å². The van der Waals surface area contributed by atoms with Crippen molar-refractivity contribution in [2.24, 2.45) is 0 Å². The lowest BCUT2D eigenvalue weighted by atomic mass is 10.1. The first-order chi connectivity index (χ1) is 16.0. The number of thioether (sulfide) groups is 1. The lowest BCUT2D eigenvalue weighted by Crippen LogP contribution is -2.27. The molecule has 0 aliphatic carbocycles. The molecule has 0 N–H and O–H groups in total. The van der Waals surface area contributed by atoms with E-state index in [0.29, 0.717) is 29.2 Å². The van der Waals surface area contributed by atoms with Gasteiger partial charge in [0.1, 0.15) is 12.4 Å². The molecule has 33 heavy (non-hydrogen) atoms. The molecule has 0 spiro atoms. The Bertz CT molecular complexity index is 1230. The minimum Gasteiger partial charge on any atom is -0.490 e. The summed E-state index contributed by atoms with van der Waals surface area (Å²) < 4.78 is 25.4. The topological polar surface area (TPSA) is 55.8 Å². The summed E-state index contributed by atoms with van der Waals surface area (Å²) in [6, 6.07) is 18.3. The number of anilines is 1. The third kappa shape index (κ3) is 5.05. The van der Waals surface area contributed by atoms with Crippen LogP contribution in [0.15, 0.2) is 71.6 Å². The van der Waals surface area contributed by atoms with Crippen LogP contribution in [0.5, 0.6) is 11.5 Å². The van der Waals surface area contributed by atoms with Crippen molar-refractivity contribution in [3.63, 3.8) is 0 Å². The molecule has 0 bridgehead atoms. The van der Waals surface area contributed by atoms with Crippen LogP contribution >= 0.6 is 23.4 Å². The average molecular weight is 484 g/mol. The number of hydrogen-bond acceptors (Lipinski definition) is 5. The van der Waals surface area contributed by atoms with E-state index in [1.807, 2.05) is 13.0 Å². The largest absolute Gasteiger partial charge is 0.490 e. The maximum absolute atomic E-state index is 13.9. The van der Waals surface area contributed by atoms with E-state index in [1.165, 1.54) is 6.07 Å². The van der Waals surface area contributed by atoms with Crippen molar-refractivity contribution in [3.8, 4) is 11.5 Å². The normalized spacial score (nSPS) is 14.8. The fourth-order valence-electron chi connectivity index (χ4n) is 3.26. The Labute approximate surface area is 199 Å². The fourth-order valence-corrected chi connectivity index (χ4v) is 4.37. The highest BCUT2D eigenvalue weighted by molar-refractivity contribution is 8.19. The van der Waals surface area contributed by atoms with Gasteiger partial charge in [-0.15, -0.1) is 0 Å². The number of benzene rings is 3. The Morgan fingerprint density at radius 1 is 1.03 bits per heavy atom. The van der Waals surface area contributed by atoms with E-state index in [1.54, 1.807) is 60.7 Å². The zero-order chi connectivity index (χ0) is 23.4. The van der Waals surface area contributed by atoms with Crippen LogP contribution in [0.1, 0.15) is 18.1 Å². The van der Waals surface area contributed by atoms with E-state index in [0.717, 1.165) is 16.7 Å². The molecule has 8 heteroatoms. The molecule has 3 aromatic carbocycles. The van der Waals surface area contributed by atoms with Gasteiger partial charge in [-0.05, 0) is 60.7 Å². The van der Waals surface area contributed by atoms with Gasteiger partial charge in [-0.25, -0.2) is 9.29 Å². The van der Waals surface area contributed by atoms with Gasteiger partial charge in [0.25, 0.3) is 11.1 Å². The standard InChI is InChI=1S/C25H19ClFNO4S/c1-2-31-21-13-16(12-19(26)23(21)32-15-17-8-6-7-11-20(17)27)14-22-24(29)28(25(30)33-22)18-9-4-3-5-10-18/h3-14H,2,15H2,1H3/b22-14-. The van der Waals surface area contributed by atoms with Gasteiger partial charge in [0, 0.05) is 5.56 Å². The van der Waals surface area contributed by atoms with Gasteiger partial charge in [0.15, 0.2) is 11.5 Å². The van der Waals surface area contributed by atoms with Gasteiger partial charge in [0.2, 0.25) is 0 Å². The number of halogens is 2. The first kappa shape index (κ1) is 22.9. The number of nitrogens with zero attached hydrogens (tertiary/aromatic N) is 1. The SMILES string of the molecule is CCOc1cc(/C=C2\SC(=O)N(c3ccccc3)C2=O)cc(Cl)c1OCc1ccccc1F. The summed E-state index contributed by atoms with van der Waals surface area (Å²) in [4.78, 5) is 26.7. The van der Waals surface area contributed by atoms with Crippen molar-refractivity contribution in [1.82, 2.24) is 0 Å². The van der Waals surface area contributed by atoms with Gasteiger partial charge in [0.05, 0.1) is 22.2 Å². The summed E-state index contributed by atoms with van der Waals surface area (Å²) in [5.74, 6) is -0.159. The van der Waals surface area contributed by atoms with E-state index < -0.39 is 5.91 Å². The van der Waals surface area contributed by atoms with Crippen molar-refractivity contribution in [3.05, 3.63) is 93.6 Å². The molecule has 0 atom stereocenters. The second-order valence-electron chi connectivity index (χ2n) is 7.00. The molecule has 4 rings (SSSR count). The molecule has 0 aromatic heterocycles. The quantitative estimate of drug-likeness (QED) is 0.350. The second kappa shape index (κ2) is 10.1. The number of amides is 2. The van der Waals surface area contributed by atoms with Crippen LogP contribution in [0.4, 0.5) is 14.9 Å². The van der Waals surface area contributed by atoms with Gasteiger partial charge >= 0.3 is 0 Å². The smallest absolute Gasteiger partial charge is 0.298 e. The zero-order valence-electron chi connectivity index (χ0n) is 17.6. The number of carbonyl (C=O) groups is 2. The molecule has 1 aliphatic heterocycles. The Hall–Kier alpha value is -3.29. The molecule has 5 nitrogen and oxygen atoms in total. The lowest BCUT2D eigenvalue weighted by molar-refractivity contribution is -0.113.